The maximum atomic E-state index is 11.9. The van der Waals surface area contributed by atoms with Gasteiger partial charge in [-0.2, -0.15) is 5.10 Å². The van der Waals surface area contributed by atoms with Gasteiger partial charge in [0.15, 0.2) is 12.4 Å². The monoisotopic (exact) mass is 579 g/mol. The van der Waals surface area contributed by atoms with Gasteiger partial charge in [-0.05, 0) is 50.1 Å². The summed E-state index contributed by atoms with van der Waals surface area (Å²) in [4.78, 5) is 22.1. The highest BCUT2D eigenvalue weighted by molar-refractivity contribution is 9.11. The second kappa shape index (κ2) is 9.85. The molecule has 0 saturated heterocycles. The first-order valence-electron chi connectivity index (χ1n) is 7.37. The molecule has 0 atom stereocenters. The zero-order chi connectivity index (χ0) is 20.8. The number of hydrogen-bond acceptors (Lipinski definition) is 7. The van der Waals surface area contributed by atoms with Gasteiger partial charge in [0.2, 0.25) is 5.75 Å². The summed E-state index contributed by atoms with van der Waals surface area (Å²) in [6.07, 6.45) is 1.18. The molecule has 12 heteroatoms. The Morgan fingerprint density at radius 1 is 1.29 bits per heavy atom. The molecule has 0 unspecified atom stereocenters. The third-order valence-corrected chi connectivity index (χ3v) is 4.84. The van der Waals surface area contributed by atoms with Gasteiger partial charge in [0, 0.05) is 16.1 Å². The first-order chi connectivity index (χ1) is 13.2. The Bertz CT molecular complexity index is 928. The van der Waals surface area contributed by atoms with Gasteiger partial charge in [0.25, 0.3) is 5.91 Å². The van der Waals surface area contributed by atoms with E-state index in [1.165, 1.54) is 19.4 Å². The molecule has 0 spiro atoms. The molecule has 0 heterocycles. The molecule has 2 N–H and O–H groups in total. The number of carbonyl (C=O) groups is 1. The molecule has 2 rings (SSSR count). The van der Waals surface area contributed by atoms with Crippen LogP contribution in [0.5, 0.6) is 17.2 Å². The number of phenols is 1. The average molecular weight is 582 g/mol. The zero-order valence-corrected chi connectivity index (χ0v) is 18.9. The van der Waals surface area contributed by atoms with Crippen LogP contribution in [0.4, 0.5) is 5.69 Å². The van der Waals surface area contributed by atoms with Crippen LogP contribution in [0.2, 0.25) is 0 Å². The standard InChI is InChI=1S/C16H12Br3N3O6/c1-27-13-3-8(2-12(15(13)24)22(25)26)6-20-21-14(23)7-28-16-10(18)4-9(17)5-11(16)19/h2-6,24H,7H2,1H3,(H,21,23). The maximum Gasteiger partial charge on any atom is 0.315 e. The minimum absolute atomic E-state index is 0.0877. The molecular weight excluding hydrogens is 570 g/mol. The van der Waals surface area contributed by atoms with E-state index in [2.05, 4.69) is 58.3 Å². The molecule has 2 aromatic carbocycles. The number of phenolic OH excluding ortho intramolecular Hbond substituents is 1. The van der Waals surface area contributed by atoms with E-state index in [1.807, 2.05) is 0 Å². The molecule has 0 aliphatic rings. The van der Waals surface area contributed by atoms with Crippen molar-refractivity contribution >= 4 is 65.6 Å². The van der Waals surface area contributed by atoms with Gasteiger partial charge in [-0.15, -0.1) is 0 Å². The summed E-state index contributed by atoms with van der Waals surface area (Å²) in [5, 5.41) is 24.4. The molecular formula is C16H12Br3N3O6. The number of rotatable bonds is 7. The molecule has 0 radical (unpaired) electrons. The molecule has 0 fully saturated rings. The fraction of sp³-hybridized carbons (Fsp3) is 0.125. The molecule has 9 nitrogen and oxygen atoms in total. The molecule has 0 aliphatic carbocycles. The number of nitro benzene ring substituents is 1. The van der Waals surface area contributed by atoms with Gasteiger partial charge < -0.3 is 14.6 Å². The Hall–Kier alpha value is -2.18. The van der Waals surface area contributed by atoms with Crippen molar-refractivity contribution in [1.29, 1.82) is 0 Å². The summed E-state index contributed by atoms with van der Waals surface area (Å²) in [7, 11) is 1.26. The van der Waals surface area contributed by atoms with E-state index in [0.717, 1.165) is 10.5 Å². The number of methoxy groups -OCH3 is 1. The Kier molecular flexibility index (Phi) is 7.78. The van der Waals surface area contributed by atoms with E-state index in [9.17, 15) is 20.0 Å². The third kappa shape index (κ3) is 5.66. The normalized spacial score (nSPS) is 10.7. The van der Waals surface area contributed by atoms with E-state index in [-0.39, 0.29) is 17.9 Å². The van der Waals surface area contributed by atoms with Crippen LogP contribution in [0.3, 0.4) is 0 Å². The van der Waals surface area contributed by atoms with Crippen molar-refractivity contribution < 1.29 is 24.3 Å². The highest BCUT2D eigenvalue weighted by atomic mass is 79.9. The lowest BCUT2D eigenvalue weighted by atomic mass is 10.2. The quantitative estimate of drug-likeness (QED) is 0.288. The fourth-order valence-corrected chi connectivity index (χ4v) is 4.49. The van der Waals surface area contributed by atoms with Gasteiger partial charge in [-0.25, -0.2) is 5.43 Å². The molecule has 0 aromatic heterocycles. The van der Waals surface area contributed by atoms with E-state index >= 15 is 0 Å². The zero-order valence-electron chi connectivity index (χ0n) is 14.1. The predicted molar refractivity (Wildman–Crippen MR) is 112 cm³/mol. The number of carbonyl (C=O) groups excluding carboxylic acids is 1. The number of halogens is 3. The summed E-state index contributed by atoms with van der Waals surface area (Å²) in [5.74, 6) is -0.776. The number of nitrogens with one attached hydrogen (secondary N) is 1. The molecule has 0 saturated carbocycles. The van der Waals surface area contributed by atoms with E-state index in [4.69, 9.17) is 9.47 Å². The minimum atomic E-state index is -0.754. The number of hydrazone groups is 1. The lowest BCUT2D eigenvalue weighted by molar-refractivity contribution is -0.386. The lowest BCUT2D eigenvalue weighted by Crippen LogP contribution is -2.24. The van der Waals surface area contributed by atoms with Crippen molar-refractivity contribution in [2.75, 3.05) is 13.7 Å². The van der Waals surface area contributed by atoms with Crippen LogP contribution in [0.15, 0.2) is 42.8 Å². The third-order valence-electron chi connectivity index (χ3n) is 3.21. The first-order valence-corrected chi connectivity index (χ1v) is 9.75. The first kappa shape index (κ1) is 22.1. The van der Waals surface area contributed by atoms with Crippen molar-refractivity contribution in [3.05, 3.63) is 53.4 Å². The molecule has 148 valence electrons. The summed E-state index contributed by atoms with van der Waals surface area (Å²) in [6.45, 7) is -0.310. The molecule has 0 aliphatic heterocycles. The summed E-state index contributed by atoms with van der Waals surface area (Å²) in [6, 6.07) is 5.97. The van der Waals surface area contributed by atoms with Gasteiger partial charge in [0.05, 0.1) is 27.2 Å². The summed E-state index contributed by atoms with van der Waals surface area (Å²) >= 11 is 10.0. The van der Waals surface area contributed by atoms with Crippen LogP contribution >= 0.6 is 47.8 Å². The molecule has 28 heavy (non-hydrogen) atoms. The second-order valence-electron chi connectivity index (χ2n) is 5.13. The smallest absolute Gasteiger partial charge is 0.315 e. The van der Waals surface area contributed by atoms with Crippen molar-refractivity contribution in [3.8, 4) is 17.2 Å². The van der Waals surface area contributed by atoms with Crippen molar-refractivity contribution in [2.45, 2.75) is 0 Å². The molecule has 1 amide bonds. The van der Waals surface area contributed by atoms with Crippen LogP contribution in [0, 0.1) is 10.1 Å². The van der Waals surface area contributed by atoms with Gasteiger partial charge in [-0.1, -0.05) is 15.9 Å². The van der Waals surface area contributed by atoms with Crippen LogP contribution in [-0.2, 0) is 4.79 Å². The summed E-state index contributed by atoms with van der Waals surface area (Å²) < 4.78 is 12.5. The Labute approximate surface area is 184 Å². The fourth-order valence-electron chi connectivity index (χ4n) is 2.00. The van der Waals surface area contributed by atoms with Crippen LogP contribution in [0.25, 0.3) is 0 Å². The number of hydrogen-bond donors (Lipinski definition) is 2. The topological polar surface area (TPSA) is 123 Å². The second-order valence-corrected chi connectivity index (χ2v) is 7.75. The maximum absolute atomic E-state index is 11.9. The Morgan fingerprint density at radius 2 is 1.93 bits per heavy atom. The molecule has 2 aromatic rings. The van der Waals surface area contributed by atoms with E-state index in [0.29, 0.717) is 14.7 Å². The van der Waals surface area contributed by atoms with Gasteiger partial charge >= 0.3 is 5.69 Å². The largest absolute Gasteiger partial charge is 0.500 e. The number of benzene rings is 2. The van der Waals surface area contributed by atoms with E-state index in [1.54, 1.807) is 12.1 Å². The van der Waals surface area contributed by atoms with Crippen LogP contribution < -0.4 is 14.9 Å². The lowest BCUT2D eigenvalue weighted by Gasteiger charge is -2.10. The summed E-state index contributed by atoms with van der Waals surface area (Å²) in [5.41, 5.74) is 1.95. The SMILES string of the molecule is COc1cc(C=NNC(=O)COc2c(Br)cc(Br)cc2Br)cc([N+](=O)[O-])c1O. The number of aromatic hydroxyl groups is 1. The van der Waals surface area contributed by atoms with Gasteiger partial charge in [0.1, 0.15) is 5.75 Å². The van der Waals surface area contributed by atoms with Crippen LogP contribution in [0.1, 0.15) is 5.56 Å². The highest BCUT2D eigenvalue weighted by Crippen LogP contribution is 2.37. The molecule has 0 bridgehead atoms. The number of nitro groups is 1. The van der Waals surface area contributed by atoms with Gasteiger partial charge in [-0.3, -0.25) is 14.9 Å². The van der Waals surface area contributed by atoms with Crippen molar-refractivity contribution in [3.63, 3.8) is 0 Å². The van der Waals surface area contributed by atoms with Crippen LogP contribution in [-0.4, -0.2) is 35.9 Å². The number of nitrogens with zero attached hydrogens (tertiary/aromatic N) is 2. The Morgan fingerprint density at radius 3 is 2.50 bits per heavy atom. The average Bonchev–Trinajstić information content (AvgIpc) is 2.61. The highest BCUT2D eigenvalue weighted by Gasteiger charge is 2.19. The predicted octanol–water partition coefficient (Wildman–Crippen LogP) is 4.13. The Balaban J connectivity index is 2.02. The number of amides is 1. The van der Waals surface area contributed by atoms with Crippen molar-refractivity contribution in [2.24, 2.45) is 5.10 Å². The minimum Gasteiger partial charge on any atom is -0.500 e. The van der Waals surface area contributed by atoms with E-state index < -0.39 is 22.3 Å². The van der Waals surface area contributed by atoms with Crippen molar-refractivity contribution in [1.82, 2.24) is 5.43 Å². The number of ether oxygens (including phenoxy) is 2.